The minimum atomic E-state index is -0.000271. The van der Waals surface area contributed by atoms with Gasteiger partial charge >= 0.3 is 0 Å². The van der Waals surface area contributed by atoms with E-state index in [1.165, 1.54) is 0 Å². The molecular formula is C15H17N5O. The van der Waals surface area contributed by atoms with Crippen LogP contribution in [-0.4, -0.2) is 27.7 Å². The molecule has 0 spiro atoms. The van der Waals surface area contributed by atoms with Crippen molar-refractivity contribution in [3.8, 4) is 6.07 Å². The number of hydrogen-bond donors (Lipinski definition) is 1. The summed E-state index contributed by atoms with van der Waals surface area (Å²) in [5, 5.41) is 12.4. The average molecular weight is 283 g/mol. The summed E-state index contributed by atoms with van der Waals surface area (Å²) in [6.07, 6.45) is 6.32. The Morgan fingerprint density at radius 2 is 2.38 bits per heavy atom. The molecule has 1 N–H and O–H groups in total. The van der Waals surface area contributed by atoms with E-state index in [-0.39, 0.29) is 6.10 Å². The Morgan fingerprint density at radius 1 is 1.48 bits per heavy atom. The number of nitrogens with one attached hydrogen (secondary N) is 1. The number of rotatable bonds is 4. The maximum absolute atomic E-state index is 9.06. The molecule has 21 heavy (non-hydrogen) atoms. The maximum atomic E-state index is 9.06. The summed E-state index contributed by atoms with van der Waals surface area (Å²) in [4.78, 5) is 8.44. The Kier molecular flexibility index (Phi) is 3.84. The highest BCUT2D eigenvalue weighted by atomic mass is 16.5. The Bertz CT molecular complexity index is 660. The molecule has 0 bridgehead atoms. The lowest BCUT2D eigenvalue weighted by Crippen LogP contribution is -2.20. The Hall–Kier alpha value is -2.39. The summed E-state index contributed by atoms with van der Waals surface area (Å²) in [5.41, 5.74) is 1.19. The SMILES string of the molecule is Cn1ccnc1[C@@H]1OCC[C@H]1CNc1cccnc1C#N. The van der Waals surface area contributed by atoms with Crippen molar-refractivity contribution in [3.63, 3.8) is 0 Å². The third-order valence-corrected chi connectivity index (χ3v) is 3.80. The Balaban J connectivity index is 1.70. The first-order valence-electron chi connectivity index (χ1n) is 6.97. The first-order chi connectivity index (χ1) is 10.3. The fourth-order valence-electron chi connectivity index (χ4n) is 2.66. The van der Waals surface area contributed by atoms with E-state index >= 15 is 0 Å². The number of imidazole rings is 1. The van der Waals surface area contributed by atoms with Crippen LogP contribution in [0.4, 0.5) is 5.69 Å². The van der Waals surface area contributed by atoms with Crippen molar-refractivity contribution in [1.29, 1.82) is 5.26 Å². The van der Waals surface area contributed by atoms with Crippen molar-refractivity contribution >= 4 is 5.69 Å². The molecule has 6 heteroatoms. The van der Waals surface area contributed by atoms with Gasteiger partial charge in [0.05, 0.1) is 5.69 Å². The van der Waals surface area contributed by atoms with Crippen LogP contribution in [-0.2, 0) is 11.8 Å². The number of hydrogen-bond acceptors (Lipinski definition) is 5. The van der Waals surface area contributed by atoms with Crippen molar-refractivity contribution in [1.82, 2.24) is 14.5 Å². The van der Waals surface area contributed by atoms with Crippen molar-refractivity contribution in [2.24, 2.45) is 13.0 Å². The largest absolute Gasteiger partial charge is 0.382 e. The number of pyridine rings is 1. The molecule has 0 unspecified atom stereocenters. The summed E-state index contributed by atoms with van der Waals surface area (Å²) >= 11 is 0. The van der Waals surface area contributed by atoms with Crippen molar-refractivity contribution in [3.05, 3.63) is 42.2 Å². The molecule has 0 amide bonds. The van der Waals surface area contributed by atoms with Gasteiger partial charge in [0.25, 0.3) is 0 Å². The highest BCUT2D eigenvalue weighted by Gasteiger charge is 2.32. The monoisotopic (exact) mass is 283 g/mol. The zero-order chi connectivity index (χ0) is 14.7. The van der Waals surface area contributed by atoms with Gasteiger partial charge in [-0.15, -0.1) is 0 Å². The van der Waals surface area contributed by atoms with E-state index in [1.807, 2.05) is 29.9 Å². The van der Waals surface area contributed by atoms with Crippen LogP contribution < -0.4 is 5.32 Å². The molecule has 2 aromatic heterocycles. The highest BCUT2D eigenvalue weighted by Crippen LogP contribution is 2.33. The zero-order valence-electron chi connectivity index (χ0n) is 11.9. The maximum Gasteiger partial charge on any atom is 0.163 e. The molecule has 1 saturated heterocycles. The Labute approximate surface area is 123 Å². The van der Waals surface area contributed by atoms with Crippen LogP contribution in [0.5, 0.6) is 0 Å². The predicted octanol–water partition coefficient (Wildman–Crippen LogP) is 1.88. The number of aryl methyl sites for hydroxylation is 1. The van der Waals surface area contributed by atoms with E-state index < -0.39 is 0 Å². The molecule has 1 aliphatic heterocycles. The molecule has 3 rings (SSSR count). The van der Waals surface area contributed by atoms with Gasteiger partial charge in [0.2, 0.25) is 0 Å². The Morgan fingerprint density at radius 3 is 3.14 bits per heavy atom. The molecule has 0 saturated carbocycles. The van der Waals surface area contributed by atoms with Crippen LogP contribution in [0, 0.1) is 17.2 Å². The summed E-state index contributed by atoms with van der Waals surface area (Å²) in [6, 6.07) is 5.79. The second-order valence-corrected chi connectivity index (χ2v) is 5.13. The zero-order valence-corrected chi connectivity index (χ0v) is 11.9. The molecule has 0 aromatic carbocycles. The molecule has 0 aliphatic carbocycles. The lowest BCUT2D eigenvalue weighted by atomic mass is 10.0. The van der Waals surface area contributed by atoms with Crippen molar-refractivity contribution in [2.75, 3.05) is 18.5 Å². The first kappa shape index (κ1) is 13.6. The second kappa shape index (κ2) is 5.94. The minimum Gasteiger partial charge on any atom is -0.382 e. The summed E-state index contributed by atoms with van der Waals surface area (Å²) < 4.78 is 7.83. The van der Waals surface area contributed by atoms with E-state index in [4.69, 9.17) is 10.00 Å². The summed E-state index contributed by atoms with van der Waals surface area (Å²) in [7, 11) is 1.98. The number of aromatic nitrogens is 3. The van der Waals surface area contributed by atoms with Crippen molar-refractivity contribution in [2.45, 2.75) is 12.5 Å². The van der Waals surface area contributed by atoms with E-state index in [0.717, 1.165) is 31.1 Å². The smallest absolute Gasteiger partial charge is 0.163 e. The fraction of sp³-hybridized carbons (Fsp3) is 0.400. The molecule has 6 nitrogen and oxygen atoms in total. The number of nitrogens with zero attached hydrogens (tertiary/aromatic N) is 4. The van der Waals surface area contributed by atoms with Crippen LogP contribution in [0.2, 0.25) is 0 Å². The minimum absolute atomic E-state index is 0.000271. The highest BCUT2D eigenvalue weighted by molar-refractivity contribution is 5.53. The van der Waals surface area contributed by atoms with Crippen LogP contribution in [0.25, 0.3) is 0 Å². The molecule has 3 heterocycles. The normalized spacial score (nSPS) is 21.1. The van der Waals surface area contributed by atoms with Crippen molar-refractivity contribution < 1.29 is 4.74 Å². The van der Waals surface area contributed by atoms with Gasteiger partial charge in [0, 0.05) is 44.7 Å². The number of ether oxygens (including phenoxy) is 1. The average Bonchev–Trinajstić information content (AvgIpc) is 3.13. The third-order valence-electron chi connectivity index (χ3n) is 3.80. The molecular weight excluding hydrogens is 266 g/mol. The van der Waals surface area contributed by atoms with Crippen LogP contribution in [0.15, 0.2) is 30.7 Å². The lowest BCUT2D eigenvalue weighted by Gasteiger charge is -2.19. The fourth-order valence-corrected chi connectivity index (χ4v) is 2.66. The number of nitriles is 1. The van der Waals surface area contributed by atoms with Crippen LogP contribution in [0.3, 0.4) is 0 Å². The van der Waals surface area contributed by atoms with Crippen LogP contribution in [0.1, 0.15) is 24.0 Å². The van der Waals surface area contributed by atoms with Gasteiger partial charge in [-0.25, -0.2) is 9.97 Å². The third kappa shape index (κ3) is 2.73. The molecule has 0 radical (unpaired) electrons. The lowest BCUT2D eigenvalue weighted by molar-refractivity contribution is 0.0839. The standard InChI is InChI=1S/C15H17N5O/c1-20-7-6-18-15(20)14-11(4-8-21-14)10-19-12-3-2-5-17-13(12)9-16/h2-3,5-7,11,14,19H,4,8,10H2,1H3/t11-,14+/m0/s1. The second-order valence-electron chi connectivity index (χ2n) is 5.13. The van der Waals surface area contributed by atoms with E-state index in [0.29, 0.717) is 11.6 Å². The molecule has 1 fully saturated rings. The van der Waals surface area contributed by atoms with Gasteiger partial charge in [-0.1, -0.05) is 0 Å². The predicted molar refractivity (Wildman–Crippen MR) is 77.4 cm³/mol. The van der Waals surface area contributed by atoms with E-state index in [2.05, 4.69) is 21.4 Å². The van der Waals surface area contributed by atoms with E-state index in [9.17, 15) is 0 Å². The molecule has 2 atom stereocenters. The van der Waals surface area contributed by atoms with Gasteiger partial charge in [-0.05, 0) is 18.6 Å². The van der Waals surface area contributed by atoms with Gasteiger partial charge in [0.15, 0.2) is 5.69 Å². The van der Waals surface area contributed by atoms with Gasteiger partial charge < -0.3 is 14.6 Å². The molecule has 1 aliphatic rings. The van der Waals surface area contributed by atoms with Crippen LogP contribution >= 0.6 is 0 Å². The first-order valence-corrected chi connectivity index (χ1v) is 6.97. The van der Waals surface area contributed by atoms with Gasteiger partial charge in [-0.2, -0.15) is 5.26 Å². The van der Waals surface area contributed by atoms with Gasteiger partial charge in [-0.3, -0.25) is 0 Å². The van der Waals surface area contributed by atoms with E-state index in [1.54, 1.807) is 12.4 Å². The van der Waals surface area contributed by atoms with Gasteiger partial charge in [0.1, 0.15) is 18.0 Å². The molecule has 108 valence electrons. The summed E-state index contributed by atoms with van der Waals surface area (Å²) in [6.45, 7) is 1.47. The summed E-state index contributed by atoms with van der Waals surface area (Å²) in [5.74, 6) is 1.28. The quantitative estimate of drug-likeness (QED) is 0.927. The molecule has 2 aromatic rings. The topological polar surface area (TPSA) is 75.8 Å². The number of anilines is 1.